The summed E-state index contributed by atoms with van der Waals surface area (Å²) in [5.41, 5.74) is 3.27. The van der Waals surface area contributed by atoms with Crippen molar-refractivity contribution < 1.29 is 19.1 Å². The summed E-state index contributed by atoms with van der Waals surface area (Å²) in [5.74, 6) is 0. The lowest BCUT2D eigenvalue weighted by Gasteiger charge is -2.27. The minimum Gasteiger partial charge on any atom is -0.449 e. The molecule has 1 heterocycles. The fraction of sp³-hybridized carbons (Fsp3) is 0.641. The molecule has 0 atom stereocenters. The van der Waals surface area contributed by atoms with Gasteiger partial charge in [0, 0.05) is 11.1 Å². The van der Waals surface area contributed by atoms with Crippen molar-refractivity contribution in [2.75, 3.05) is 29.7 Å². The molecule has 0 N–H and O–H groups in total. The topological polar surface area (TPSA) is 59.1 Å². The van der Waals surface area contributed by atoms with E-state index in [1.54, 1.807) is 9.80 Å². The number of anilines is 2. The third kappa shape index (κ3) is 13.1. The van der Waals surface area contributed by atoms with Gasteiger partial charge in [-0.2, -0.15) is 0 Å². The van der Waals surface area contributed by atoms with Gasteiger partial charge < -0.3 is 9.47 Å². The first-order valence-corrected chi connectivity index (χ1v) is 18.2. The molecule has 0 aliphatic carbocycles. The van der Waals surface area contributed by atoms with E-state index < -0.39 is 12.2 Å². The zero-order valence-electron chi connectivity index (χ0n) is 28.4. The molecule has 0 radical (unpaired) electrons. The van der Waals surface area contributed by atoms with Crippen molar-refractivity contribution in [3.63, 3.8) is 0 Å². The van der Waals surface area contributed by atoms with Crippen LogP contribution in [0.1, 0.15) is 142 Å². The zero-order valence-corrected chi connectivity index (χ0v) is 28.4. The molecule has 3 rings (SSSR count). The Morgan fingerprint density at radius 2 is 0.800 bits per heavy atom. The van der Waals surface area contributed by atoms with Gasteiger partial charge in [-0.3, -0.25) is 9.80 Å². The van der Waals surface area contributed by atoms with Crippen molar-refractivity contribution in [3.05, 3.63) is 48.5 Å². The summed E-state index contributed by atoms with van der Waals surface area (Å²) in [6, 6.07) is 15.6. The first kappa shape index (κ1) is 36.4. The van der Waals surface area contributed by atoms with Gasteiger partial charge in [-0.1, -0.05) is 166 Å². The number of carbonyl (C=O) groups excluding carboxylic acids is 2. The smallest absolute Gasteiger partial charge is 0.415 e. The molecule has 1 aliphatic heterocycles. The number of nitrogens with zero attached hydrogens (tertiary/aromatic N) is 2. The Bertz CT molecular complexity index is 1020. The van der Waals surface area contributed by atoms with Crippen LogP contribution in [0.4, 0.5) is 21.0 Å². The van der Waals surface area contributed by atoms with Gasteiger partial charge >= 0.3 is 12.2 Å². The number of rotatable bonds is 22. The van der Waals surface area contributed by atoms with Crippen LogP contribution >= 0.6 is 0 Å². The molecule has 0 aromatic heterocycles. The Balaban J connectivity index is 1.49. The van der Waals surface area contributed by atoms with Crippen molar-refractivity contribution in [2.45, 2.75) is 142 Å². The van der Waals surface area contributed by atoms with E-state index in [0.29, 0.717) is 13.2 Å². The number of amides is 2. The van der Waals surface area contributed by atoms with E-state index in [9.17, 15) is 9.59 Å². The first-order valence-electron chi connectivity index (χ1n) is 18.2. The van der Waals surface area contributed by atoms with Crippen LogP contribution in [-0.2, 0) is 9.47 Å². The van der Waals surface area contributed by atoms with Gasteiger partial charge in [-0.05, 0) is 25.0 Å². The maximum absolute atomic E-state index is 13.5. The first-order chi connectivity index (χ1) is 22.2. The highest BCUT2D eigenvalue weighted by Crippen LogP contribution is 2.40. The van der Waals surface area contributed by atoms with Crippen LogP contribution in [0.3, 0.4) is 0 Å². The second-order valence-electron chi connectivity index (χ2n) is 12.6. The molecule has 2 amide bonds. The largest absolute Gasteiger partial charge is 0.449 e. The van der Waals surface area contributed by atoms with Gasteiger partial charge in [0.15, 0.2) is 0 Å². The van der Waals surface area contributed by atoms with Crippen molar-refractivity contribution in [1.29, 1.82) is 0 Å². The predicted octanol–water partition coefficient (Wildman–Crippen LogP) is 12.1. The number of hydrogen-bond acceptors (Lipinski definition) is 4. The molecule has 0 spiro atoms. The minimum atomic E-state index is -0.432. The van der Waals surface area contributed by atoms with Crippen LogP contribution in [-0.4, -0.2) is 32.1 Å². The molecule has 0 saturated carbocycles. The molecule has 1 aliphatic rings. The minimum absolute atomic E-state index is 0.0434. The summed E-state index contributed by atoms with van der Waals surface area (Å²) in [7, 11) is 0. The number of ether oxygens (including phenoxy) is 2. The fourth-order valence-electron chi connectivity index (χ4n) is 6.13. The van der Waals surface area contributed by atoms with E-state index in [0.717, 1.165) is 48.2 Å². The lowest BCUT2D eigenvalue weighted by molar-refractivity contribution is 0.146. The van der Waals surface area contributed by atoms with Crippen molar-refractivity contribution >= 4 is 23.6 Å². The van der Waals surface area contributed by atoms with E-state index in [4.69, 9.17) is 9.47 Å². The lowest BCUT2D eigenvalue weighted by Crippen LogP contribution is -2.44. The van der Waals surface area contributed by atoms with Crippen molar-refractivity contribution in [1.82, 2.24) is 0 Å². The van der Waals surface area contributed by atoms with E-state index in [1.807, 2.05) is 48.5 Å². The lowest BCUT2D eigenvalue weighted by atomic mass is 10.0. The molecule has 0 bridgehead atoms. The van der Waals surface area contributed by atoms with Gasteiger partial charge in [-0.25, -0.2) is 9.59 Å². The van der Waals surface area contributed by atoms with Crippen LogP contribution in [0.2, 0.25) is 0 Å². The summed E-state index contributed by atoms with van der Waals surface area (Å²) in [4.78, 5) is 30.1. The second kappa shape index (κ2) is 22.5. The van der Waals surface area contributed by atoms with Crippen molar-refractivity contribution in [3.8, 4) is 11.1 Å². The number of unbranched alkanes of at least 4 members (excludes halogenated alkanes) is 18. The van der Waals surface area contributed by atoms with E-state index in [2.05, 4.69) is 13.8 Å². The number of fused-ring (bicyclic) bond motifs is 3. The number of para-hydroxylation sites is 2. The summed E-state index contributed by atoms with van der Waals surface area (Å²) in [6.07, 6.45) is 23.7. The molecular formula is C39H60N2O4. The molecule has 0 unspecified atom stereocenters. The van der Waals surface area contributed by atoms with Gasteiger partial charge in [0.05, 0.1) is 24.6 Å². The molecule has 2 aromatic rings. The third-order valence-electron chi connectivity index (χ3n) is 8.85. The number of hydrogen-bond donors (Lipinski definition) is 0. The fourth-order valence-corrected chi connectivity index (χ4v) is 6.13. The van der Waals surface area contributed by atoms with Crippen LogP contribution in [0.5, 0.6) is 0 Å². The van der Waals surface area contributed by atoms with Crippen LogP contribution in [0.15, 0.2) is 48.5 Å². The van der Waals surface area contributed by atoms with Gasteiger partial charge in [0.1, 0.15) is 6.67 Å². The number of benzene rings is 2. The third-order valence-corrected chi connectivity index (χ3v) is 8.85. The molecule has 45 heavy (non-hydrogen) atoms. The maximum Gasteiger partial charge on any atom is 0.415 e. The van der Waals surface area contributed by atoms with Gasteiger partial charge in [0.25, 0.3) is 0 Å². The standard InChI is InChI=1S/C39H60N2O4/c1-3-5-7-9-11-13-15-17-19-25-31-44-38(42)40-33-41(37-30-24-22-28-35(37)34-27-21-23-29-36(34)40)39(43)45-32-26-20-18-16-14-12-10-8-6-4-2/h21-24,27-30H,3-20,25-26,31-33H2,1-2H3. The van der Waals surface area contributed by atoms with Crippen LogP contribution in [0, 0.1) is 0 Å². The Morgan fingerprint density at radius 1 is 0.489 bits per heavy atom. The maximum atomic E-state index is 13.5. The summed E-state index contributed by atoms with van der Waals surface area (Å²) in [5, 5.41) is 0. The highest BCUT2D eigenvalue weighted by Gasteiger charge is 2.32. The average Bonchev–Trinajstić information content (AvgIpc) is 3.21. The Kier molecular flexibility index (Phi) is 18.2. The average molecular weight is 621 g/mol. The molecule has 0 saturated heterocycles. The SMILES string of the molecule is CCCCCCCCCCCCOC(=O)N1CN(C(=O)OCCCCCCCCCCCC)c2ccccc2-c2ccccc21. The molecule has 0 fully saturated rings. The number of carbonyl (C=O) groups is 2. The molecule has 6 heteroatoms. The molecule has 250 valence electrons. The summed E-state index contributed by atoms with van der Waals surface area (Å²) < 4.78 is 11.5. The summed E-state index contributed by atoms with van der Waals surface area (Å²) in [6.45, 7) is 5.31. The highest BCUT2D eigenvalue weighted by atomic mass is 16.6. The van der Waals surface area contributed by atoms with Crippen LogP contribution in [0.25, 0.3) is 11.1 Å². The van der Waals surface area contributed by atoms with Gasteiger partial charge in [-0.15, -0.1) is 0 Å². The van der Waals surface area contributed by atoms with Gasteiger partial charge in [0.2, 0.25) is 0 Å². The van der Waals surface area contributed by atoms with Crippen molar-refractivity contribution in [2.24, 2.45) is 0 Å². The normalized spacial score (nSPS) is 12.4. The highest BCUT2D eigenvalue weighted by molar-refractivity contribution is 6.03. The monoisotopic (exact) mass is 620 g/mol. The predicted molar refractivity (Wildman–Crippen MR) is 188 cm³/mol. The second-order valence-corrected chi connectivity index (χ2v) is 12.6. The molecule has 2 aromatic carbocycles. The molecule has 6 nitrogen and oxygen atoms in total. The molecular weight excluding hydrogens is 560 g/mol. The van der Waals surface area contributed by atoms with E-state index in [-0.39, 0.29) is 6.67 Å². The summed E-state index contributed by atoms with van der Waals surface area (Å²) >= 11 is 0. The van der Waals surface area contributed by atoms with E-state index >= 15 is 0 Å². The van der Waals surface area contributed by atoms with E-state index in [1.165, 1.54) is 103 Å². The quantitative estimate of drug-likeness (QED) is 0.123. The Morgan fingerprint density at radius 3 is 1.16 bits per heavy atom. The Labute approximate surface area is 273 Å². The zero-order chi connectivity index (χ0) is 32.0. The Hall–Kier alpha value is -3.02. The van der Waals surface area contributed by atoms with Crippen LogP contribution < -0.4 is 9.80 Å².